The summed E-state index contributed by atoms with van der Waals surface area (Å²) in [6.07, 6.45) is 1.64. The van der Waals surface area contributed by atoms with E-state index in [4.69, 9.17) is 0 Å². The lowest BCUT2D eigenvalue weighted by Gasteiger charge is -2.23. The number of fused-ring (bicyclic) bond motifs is 1. The Hall–Kier alpha value is -1.29. The molecule has 1 saturated heterocycles. The SMILES string of the molecule is Fc1cccc(F)c1C1=NC2CCNCC2C1. The molecule has 90 valence electrons. The highest BCUT2D eigenvalue weighted by Crippen LogP contribution is 2.30. The third kappa shape index (κ3) is 1.86. The highest BCUT2D eigenvalue weighted by Gasteiger charge is 2.33. The van der Waals surface area contributed by atoms with E-state index in [9.17, 15) is 8.78 Å². The van der Waals surface area contributed by atoms with Crippen LogP contribution in [0.4, 0.5) is 8.78 Å². The molecule has 1 aromatic rings. The lowest BCUT2D eigenvalue weighted by molar-refractivity contribution is 0.356. The van der Waals surface area contributed by atoms with Crippen LogP contribution in [0.15, 0.2) is 23.2 Å². The van der Waals surface area contributed by atoms with Gasteiger partial charge < -0.3 is 5.32 Å². The number of nitrogens with zero attached hydrogens (tertiary/aromatic N) is 1. The van der Waals surface area contributed by atoms with E-state index in [0.29, 0.717) is 18.1 Å². The summed E-state index contributed by atoms with van der Waals surface area (Å²) in [5.41, 5.74) is 0.668. The summed E-state index contributed by atoms with van der Waals surface area (Å²) in [6.45, 7) is 1.84. The van der Waals surface area contributed by atoms with Crippen molar-refractivity contribution in [1.82, 2.24) is 5.32 Å². The van der Waals surface area contributed by atoms with Gasteiger partial charge in [0.1, 0.15) is 11.6 Å². The van der Waals surface area contributed by atoms with Gasteiger partial charge >= 0.3 is 0 Å². The van der Waals surface area contributed by atoms with Gasteiger partial charge in [0.2, 0.25) is 0 Å². The molecule has 0 bridgehead atoms. The Morgan fingerprint density at radius 1 is 1.24 bits per heavy atom. The van der Waals surface area contributed by atoms with Crippen LogP contribution in [0.3, 0.4) is 0 Å². The average molecular weight is 236 g/mol. The van der Waals surface area contributed by atoms with Crippen LogP contribution >= 0.6 is 0 Å². The van der Waals surface area contributed by atoms with E-state index < -0.39 is 11.6 Å². The lowest BCUT2D eigenvalue weighted by Crippen LogP contribution is -2.36. The van der Waals surface area contributed by atoms with Gasteiger partial charge in [-0.15, -0.1) is 0 Å². The first kappa shape index (κ1) is 10.8. The van der Waals surface area contributed by atoms with E-state index in [1.807, 2.05) is 0 Å². The summed E-state index contributed by atoms with van der Waals surface area (Å²) in [7, 11) is 0. The second kappa shape index (κ2) is 4.18. The first-order valence-electron chi connectivity index (χ1n) is 5.97. The quantitative estimate of drug-likeness (QED) is 0.793. The maximum absolute atomic E-state index is 13.6. The molecule has 0 saturated carbocycles. The van der Waals surface area contributed by atoms with Gasteiger partial charge in [0.15, 0.2) is 0 Å². The molecule has 0 amide bonds. The minimum atomic E-state index is -0.504. The number of halogens is 2. The van der Waals surface area contributed by atoms with Gasteiger partial charge in [0.05, 0.1) is 11.6 Å². The van der Waals surface area contributed by atoms with Crippen molar-refractivity contribution in [3.63, 3.8) is 0 Å². The average Bonchev–Trinajstić information content (AvgIpc) is 2.71. The fourth-order valence-electron chi connectivity index (χ4n) is 2.73. The maximum atomic E-state index is 13.6. The van der Waals surface area contributed by atoms with Gasteiger partial charge in [-0.2, -0.15) is 0 Å². The topological polar surface area (TPSA) is 24.4 Å². The zero-order valence-corrected chi connectivity index (χ0v) is 9.42. The largest absolute Gasteiger partial charge is 0.316 e. The molecule has 0 aromatic heterocycles. The van der Waals surface area contributed by atoms with Crippen LogP contribution in [0, 0.1) is 17.6 Å². The molecule has 3 rings (SSSR count). The van der Waals surface area contributed by atoms with Crippen molar-refractivity contribution in [3.8, 4) is 0 Å². The van der Waals surface area contributed by atoms with E-state index in [2.05, 4.69) is 10.3 Å². The second-order valence-electron chi connectivity index (χ2n) is 4.70. The molecule has 2 nitrogen and oxygen atoms in total. The second-order valence-corrected chi connectivity index (χ2v) is 4.70. The number of hydrogen-bond acceptors (Lipinski definition) is 2. The molecule has 1 N–H and O–H groups in total. The summed E-state index contributed by atoms with van der Waals surface area (Å²) >= 11 is 0. The van der Waals surface area contributed by atoms with Gasteiger partial charge in [-0.1, -0.05) is 6.07 Å². The zero-order chi connectivity index (χ0) is 11.8. The van der Waals surface area contributed by atoms with Gasteiger partial charge in [0, 0.05) is 12.3 Å². The van der Waals surface area contributed by atoms with Gasteiger partial charge in [-0.25, -0.2) is 8.78 Å². The minimum absolute atomic E-state index is 0.0712. The highest BCUT2D eigenvalue weighted by atomic mass is 19.1. The molecule has 1 fully saturated rings. The van der Waals surface area contributed by atoms with Crippen LogP contribution in [-0.4, -0.2) is 24.8 Å². The van der Waals surface area contributed by atoms with Crippen LogP contribution in [0.5, 0.6) is 0 Å². The van der Waals surface area contributed by atoms with Crippen molar-refractivity contribution in [1.29, 1.82) is 0 Å². The summed E-state index contributed by atoms with van der Waals surface area (Å²) in [6, 6.07) is 4.21. The molecular weight excluding hydrogens is 222 g/mol. The van der Waals surface area contributed by atoms with E-state index in [0.717, 1.165) is 19.5 Å². The molecule has 2 atom stereocenters. The van der Waals surface area contributed by atoms with Crippen molar-refractivity contribution in [2.75, 3.05) is 13.1 Å². The number of hydrogen-bond donors (Lipinski definition) is 1. The maximum Gasteiger partial charge on any atom is 0.135 e. The minimum Gasteiger partial charge on any atom is -0.316 e. The van der Waals surface area contributed by atoms with Crippen molar-refractivity contribution in [3.05, 3.63) is 35.4 Å². The van der Waals surface area contributed by atoms with E-state index in [1.165, 1.54) is 18.2 Å². The molecule has 1 aromatic carbocycles. The first-order chi connectivity index (χ1) is 8.25. The Labute approximate surface area is 98.8 Å². The monoisotopic (exact) mass is 236 g/mol. The molecule has 2 unspecified atom stereocenters. The number of aliphatic imine (C=N–C) groups is 1. The summed E-state index contributed by atoms with van der Waals surface area (Å²) in [4.78, 5) is 4.50. The summed E-state index contributed by atoms with van der Waals surface area (Å²) < 4.78 is 27.3. The predicted octanol–water partition coefficient (Wildman–Crippen LogP) is 2.14. The first-order valence-corrected chi connectivity index (χ1v) is 5.97. The number of piperidine rings is 1. The van der Waals surface area contributed by atoms with Gasteiger partial charge in [0.25, 0.3) is 0 Å². The van der Waals surface area contributed by atoms with Gasteiger partial charge in [-0.05, 0) is 37.4 Å². The normalized spacial score (nSPS) is 27.8. The molecule has 2 aliphatic heterocycles. The molecule has 0 spiro atoms. The van der Waals surface area contributed by atoms with Crippen molar-refractivity contribution < 1.29 is 8.78 Å². The third-order valence-electron chi connectivity index (χ3n) is 3.60. The standard InChI is InChI=1S/C13H14F2N2/c14-9-2-1-3-10(15)13(9)12-6-8-7-16-5-4-11(8)17-12/h1-3,8,11,16H,4-7H2. The Morgan fingerprint density at radius 3 is 2.71 bits per heavy atom. The third-order valence-corrected chi connectivity index (χ3v) is 3.60. The van der Waals surface area contributed by atoms with Crippen LogP contribution < -0.4 is 5.32 Å². The number of benzene rings is 1. The molecule has 2 aliphatic rings. The van der Waals surface area contributed by atoms with E-state index in [1.54, 1.807) is 0 Å². The Bertz CT molecular complexity index is 450. The lowest BCUT2D eigenvalue weighted by atomic mass is 9.91. The molecule has 17 heavy (non-hydrogen) atoms. The van der Waals surface area contributed by atoms with E-state index in [-0.39, 0.29) is 11.6 Å². The fourth-order valence-corrected chi connectivity index (χ4v) is 2.73. The van der Waals surface area contributed by atoms with Crippen LogP contribution in [0.2, 0.25) is 0 Å². The molecule has 0 radical (unpaired) electrons. The summed E-state index contributed by atoms with van der Waals surface area (Å²) in [5.74, 6) is -0.608. The molecule has 4 heteroatoms. The fraction of sp³-hybridized carbons (Fsp3) is 0.462. The molecule has 2 heterocycles. The van der Waals surface area contributed by atoms with Crippen LogP contribution in [0.1, 0.15) is 18.4 Å². The van der Waals surface area contributed by atoms with Crippen LogP contribution in [-0.2, 0) is 0 Å². The number of rotatable bonds is 1. The smallest absolute Gasteiger partial charge is 0.135 e. The van der Waals surface area contributed by atoms with Crippen molar-refractivity contribution >= 4 is 5.71 Å². The highest BCUT2D eigenvalue weighted by molar-refractivity contribution is 6.02. The molecular formula is C13H14F2N2. The summed E-state index contributed by atoms with van der Waals surface area (Å²) in [5, 5.41) is 3.30. The Kier molecular flexibility index (Phi) is 2.67. The molecule has 0 aliphatic carbocycles. The predicted molar refractivity (Wildman–Crippen MR) is 62.3 cm³/mol. The van der Waals surface area contributed by atoms with Gasteiger partial charge in [-0.3, -0.25) is 4.99 Å². The number of nitrogens with one attached hydrogen (secondary N) is 1. The zero-order valence-electron chi connectivity index (χ0n) is 9.42. The van der Waals surface area contributed by atoms with Crippen molar-refractivity contribution in [2.45, 2.75) is 18.9 Å². The Morgan fingerprint density at radius 2 is 2.00 bits per heavy atom. The van der Waals surface area contributed by atoms with Crippen molar-refractivity contribution in [2.24, 2.45) is 10.9 Å². The van der Waals surface area contributed by atoms with E-state index >= 15 is 0 Å². The Balaban J connectivity index is 1.95. The van der Waals surface area contributed by atoms with Crippen LogP contribution in [0.25, 0.3) is 0 Å².